The van der Waals surface area contributed by atoms with Gasteiger partial charge in [0.05, 0.1) is 10.5 Å². The number of benzene rings is 1. The molecule has 0 spiro atoms. The molecule has 1 heterocycles. The summed E-state index contributed by atoms with van der Waals surface area (Å²) in [4.78, 5) is 21.9. The van der Waals surface area contributed by atoms with Gasteiger partial charge in [0.15, 0.2) is 0 Å². The number of nitrogens with one attached hydrogen (secondary N) is 1. The van der Waals surface area contributed by atoms with Crippen LogP contribution >= 0.6 is 11.3 Å². The van der Waals surface area contributed by atoms with E-state index in [2.05, 4.69) is 5.32 Å². The van der Waals surface area contributed by atoms with Crippen LogP contribution in [0.25, 0.3) is 0 Å². The van der Waals surface area contributed by atoms with Gasteiger partial charge in [-0.2, -0.15) is 0 Å². The van der Waals surface area contributed by atoms with Crippen molar-refractivity contribution in [1.82, 2.24) is 0 Å². The number of nitro benzene ring substituents is 1. The van der Waals surface area contributed by atoms with Crippen LogP contribution in [-0.2, 0) is 6.54 Å². The molecule has 7 heteroatoms. The number of carboxylic acids is 1. The molecular weight excluding hydrogens is 280 g/mol. The van der Waals surface area contributed by atoms with E-state index >= 15 is 0 Å². The van der Waals surface area contributed by atoms with Gasteiger partial charge in [-0.25, -0.2) is 4.79 Å². The van der Waals surface area contributed by atoms with Crippen molar-refractivity contribution in [2.24, 2.45) is 0 Å². The van der Waals surface area contributed by atoms with Gasteiger partial charge in [-0.1, -0.05) is 6.07 Å². The van der Waals surface area contributed by atoms with Gasteiger partial charge in [0.2, 0.25) is 0 Å². The van der Waals surface area contributed by atoms with Crippen LogP contribution in [0, 0.1) is 17.0 Å². The first kappa shape index (κ1) is 14.0. The Hall–Kier alpha value is -2.41. The minimum atomic E-state index is -0.959. The molecule has 0 unspecified atom stereocenters. The zero-order valence-electron chi connectivity index (χ0n) is 10.6. The van der Waals surface area contributed by atoms with Crippen molar-refractivity contribution < 1.29 is 14.8 Å². The molecule has 104 valence electrons. The molecule has 0 fully saturated rings. The molecule has 1 aromatic heterocycles. The molecule has 0 amide bonds. The van der Waals surface area contributed by atoms with Gasteiger partial charge in [-0.3, -0.25) is 10.1 Å². The van der Waals surface area contributed by atoms with Crippen LogP contribution in [0.2, 0.25) is 0 Å². The third-order valence-electron chi connectivity index (χ3n) is 2.79. The number of nitrogens with zero attached hydrogens (tertiary/aromatic N) is 1. The molecule has 0 saturated heterocycles. The van der Waals surface area contributed by atoms with Crippen LogP contribution in [0.1, 0.15) is 20.8 Å². The van der Waals surface area contributed by atoms with E-state index in [1.807, 2.05) is 6.92 Å². The summed E-state index contributed by atoms with van der Waals surface area (Å²) in [5.41, 5.74) is 1.84. The highest BCUT2D eigenvalue weighted by Crippen LogP contribution is 2.23. The van der Waals surface area contributed by atoms with E-state index in [0.717, 1.165) is 10.4 Å². The van der Waals surface area contributed by atoms with Gasteiger partial charge in [0.25, 0.3) is 5.69 Å². The van der Waals surface area contributed by atoms with Crippen LogP contribution in [0.4, 0.5) is 11.4 Å². The lowest BCUT2D eigenvalue weighted by molar-refractivity contribution is -0.384. The average molecular weight is 292 g/mol. The minimum Gasteiger partial charge on any atom is -0.478 e. The molecule has 2 rings (SSSR count). The molecule has 0 saturated carbocycles. The van der Waals surface area contributed by atoms with Crippen molar-refractivity contribution in [2.45, 2.75) is 13.5 Å². The Morgan fingerprint density at radius 1 is 1.45 bits per heavy atom. The number of hydrogen-bond donors (Lipinski definition) is 2. The van der Waals surface area contributed by atoms with Crippen LogP contribution < -0.4 is 5.32 Å². The van der Waals surface area contributed by atoms with Gasteiger partial charge >= 0.3 is 5.97 Å². The Bertz CT molecular complexity index is 666. The number of nitro groups is 1. The number of hydrogen-bond acceptors (Lipinski definition) is 5. The third kappa shape index (κ3) is 3.12. The van der Waals surface area contributed by atoms with Crippen molar-refractivity contribution in [3.63, 3.8) is 0 Å². The molecule has 2 N–H and O–H groups in total. The second-order valence-corrected chi connectivity index (χ2v) is 5.21. The van der Waals surface area contributed by atoms with Gasteiger partial charge in [0.1, 0.15) is 0 Å². The molecule has 0 aliphatic heterocycles. The molecule has 6 nitrogen and oxygen atoms in total. The highest BCUT2D eigenvalue weighted by atomic mass is 32.1. The summed E-state index contributed by atoms with van der Waals surface area (Å²) >= 11 is 1.34. The largest absolute Gasteiger partial charge is 0.478 e. The van der Waals surface area contributed by atoms with E-state index in [4.69, 9.17) is 5.11 Å². The molecule has 20 heavy (non-hydrogen) atoms. The number of aromatic carboxylic acids is 1. The summed E-state index contributed by atoms with van der Waals surface area (Å²) < 4.78 is 0. The van der Waals surface area contributed by atoms with Crippen molar-refractivity contribution in [3.05, 3.63) is 55.8 Å². The molecule has 1 aromatic carbocycles. The number of thiophene rings is 1. The van der Waals surface area contributed by atoms with Crippen LogP contribution in [0.5, 0.6) is 0 Å². The maximum Gasteiger partial charge on any atom is 0.336 e. The number of carboxylic acid groups (broad SMARTS) is 1. The van der Waals surface area contributed by atoms with Gasteiger partial charge in [0, 0.05) is 34.6 Å². The fraction of sp³-hybridized carbons (Fsp3) is 0.154. The van der Waals surface area contributed by atoms with Crippen molar-refractivity contribution in [2.75, 3.05) is 5.32 Å². The minimum absolute atomic E-state index is 0.0236. The maximum atomic E-state index is 10.8. The summed E-state index contributed by atoms with van der Waals surface area (Å²) in [7, 11) is 0. The van der Waals surface area contributed by atoms with Crippen molar-refractivity contribution in [1.29, 1.82) is 0 Å². The Kier molecular flexibility index (Phi) is 3.99. The zero-order chi connectivity index (χ0) is 14.7. The van der Waals surface area contributed by atoms with E-state index < -0.39 is 10.9 Å². The molecule has 0 atom stereocenters. The van der Waals surface area contributed by atoms with E-state index in [1.165, 1.54) is 23.5 Å². The third-order valence-corrected chi connectivity index (χ3v) is 3.72. The molecular formula is C13H12N2O4S. The molecule has 0 radical (unpaired) electrons. The maximum absolute atomic E-state index is 10.8. The van der Waals surface area contributed by atoms with Gasteiger partial charge in [-0.05, 0) is 18.6 Å². The van der Waals surface area contributed by atoms with Crippen molar-refractivity contribution in [3.8, 4) is 0 Å². The Morgan fingerprint density at radius 2 is 2.20 bits per heavy atom. The monoisotopic (exact) mass is 292 g/mol. The van der Waals surface area contributed by atoms with E-state index in [0.29, 0.717) is 12.2 Å². The Balaban J connectivity index is 2.11. The Morgan fingerprint density at radius 3 is 2.80 bits per heavy atom. The zero-order valence-corrected chi connectivity index (χ0v) is 11.4. The van der Waals surface area contributed by atoms with Gasteiger partial charge < -0.3 is 10.4 Å². The number of aryl methyl sites for hydroxylation is 1. The van der Waals surface area contributed by atoms with E-state index in [-0.39, 0.29) is 11.3 Å². The first-order valence-electron chi connectivity index (χ1n) is 5.77. The quantitative estimate of drug-likeness (QED) is 0.651. The average Bonchev–Trinajstić information content (AvgIpc) is 2.86. The molecule has 0 aliphatic rings. The lowest BCUT2D eigenvalue weighted by Gasteiger charge is -2.08. The fourth-order valence-electron chi connectivity index (χ4n) is 1.68. The number of carbonyl (C=O) groups is 1. The van der Waals surface area contributed by atoms with Crippen LogP contribution in [0.3, 0.4) is 0 Å². The second kappa shape index (κ2) is 5.70. The standard InChI is InChI=1S/C13H12N2O4S/c1-8-2-3-10(15(18)19)5-12(8)14-6-11-4-9(7-20-11)13(16)17/h2-5,7,14H,6H2,1H3,(H,16,17). The topological polar surface area (TPSA) is 92.5 Å². The van der Waals surface area contributed by atoms with Crippen LogP contribution in [0.15, 0.2) is 29.6 Å². The second-order valence-electron chi connectivity index (χ2n) is 4.22. The number of anilines is 1. The van der Waals surface area contributed by atoms with E-state index in [9.17, 15) is 14.9 Å². The summed E-state index contributed by atoms with van der Waals surface area (Å²) in [6.07, 6.45) is 0. The Labute approximate surface area is 118 Å². The summed E-state index contributed by atoms with van der Waals surface area (Å²) in [5, 5.41) is 24.2. The summed E-state index contributed by atoms with van der Waals surface area (Å²) in [6.45, 7) is 2.28. The normalized spacial score (nSPS) is 10.2. The number of rotatable bonds is 5. The predicted octanol–water partition coefficient (Wildman–Crippen LogP) is 3.28. The molecule has 0 bridgehead atoms. The highest BCUT2D eigenvalue weighted by molar-refractivity contribution is 7.10. The fourth-order valence-corrected chi connectivity index (χ4v) is 2.48. The smallest absolute Gasteiger partial charge is 0.336 e. The van der Waals surface area contributed by atoms with Gasteiger partial charge in [-0.15, -0.1) is 11.3 Å². The molecule has 0 aliphatic carbocycles. The lowest BCUT2D eigenvalue weighted by atomic mass is 10.2. The van der Waals surface area contributed by atoms with Crippen LogP contribution in [-0.4, -0.2) is 16.0 Å². The highest BCUT2D eigenvalue weighted by Gasteiger charge is 2.10. The lowest BCUT2D eigenvalue weighted by Crippen LogP contribution is -2.01. The first-order chi connectivity index (χ1) is 9.47. The summed E-state index contributed by atoms with van der Waals surface area (Å²) in [5.74, 6) is -0.959. The molecule has 2 aromatic rings. The first-order valence-corrected chi connectivity index (χ1v) is 6.65. The number of non-ortho nitro benzene ring substituents is 1. The summed E-state index contributed by atoms with van der Waals surface area (Å²) in [6, 6.07) is 6.19. The van der Waals surface area contributed by atoms with Crippen molar-refractivity contribution >= 4 is 28.7 Å². The van der Waals surface area contributed by atoms with E-state index in [1.54, 1.807) is 17.5 Å². The predicted molar refractivity (Wildman–Crippen MR) is 76.4 cm³/mol. The SMILES string of the molecule is Cc1ccc([N+](=O)[O-])cc1NCc1cc(C(=O)O)cs1.